The molecule has 0 radical (unpaired) electrons. The first kappa shape index (κ1) is 26.7. The van der Waals surface area contributed by atoms with E-state index in [1.165, 1.54) is 4.90 Å². The van der Waals surface area contributed by atoms with E-state index in [1.807, 2.05) is 55.5 Å². The number of benzene rings is 3. The lowest BCUT2D eigenvalue weighted by Crippen LogP contribution is -2.36. The zero-order valence-corrected chi connectivity index (χ0v) is 22.5. The van der Waals surface area contributed by atoms with E-state index in [1.54, 1.807) is 36.4 Å². The molecule has 0 bridgehead atoms. The molecule has 204 valence electrons. The summed E-state index contributed by atoms with van der Waals surface area (Å²) >= 11 is 0. The summed E-state index contributed by atoms with van der Waals surface area (Å²) in [6, 6.07) is 22.1. The van der Waals surface area contributed by atoms with Crippen molar-refractivity contribution in [2.24, 2.45) is 5.92 Å². The number of imide groups is 1. The molecule has 0 spiro atoms. The van der Waals surface area contributed by atoms with Gasteiger partial charge in [-0.3, -0.25) is 14.4 Å². The van der Waals surface area contributed by atoms with E-state index >= 15 is 0 Å². The molecular formula is C31H34N2O6. The summed E-state index contributed by atoms with van der Waals surface area (Å²) < 4.78 is 17.7. The van der Waals surface area contributed by atoms with Crippen LogP contribution in [0.15, 0.2) is 72.8 Å². The van der Waals surface area contributed by atoms with Crippen molar-refractivity contribution in [3.63, 3.8) is 0 Å². The molecule has 0 saturated carbocycles. The number of hydroxylamine groups is 2. The van der Waals surface area contributed by atoms with Gasteiger partial charge in [-0.1, -0.05) is 49.7 Å². The molecule has 3 aromatic rings. The van der Waals surface area contributed by atoms with E-state index in [9.17, 15) is 9.59 Å². The van der Waals surface area contributed by atoms with Crippen molar-refractivity contribution in [2.75, 3.05) is 25.2 Å². The molecule has 2 fully saturated rings. The highest BCUT2D eigenvalue weighted by Crippen LogP contribution is 2.46. The van der Waals surface area contributed by atoms with Gasteiger partial charge in [0, 0.05) is 7.05 Å². The fourth-order valence-corrected chi connectivity index (χ4v) is 5.08. The molecule has 2 saturated heterocycles. The van der Waals surface area contributed by atoms with Gasteiger partial charge in [0.25, 0.3) is 5.91 Å². The van der Waals surface area contributed by atoms with E-state index in [2.05, 4.69) is 6.92 Å². The Morgan fingerprint density at radius 2 is 1.62 bits per heavy atom. The van der Waals surface area contributed by atoms with E-state index < -0.39 is 18.1 Å². The van der Waals surface area contributed by atoms with Gasteiger partial charge in [0.15, 0.2) is 17.6 Å². The van der Waals surface area contributed by atoms with Crippen LogP contribution in [0.25, 0.3) is 0 Å². The van der Waals surface area contributed by atoms with E-state index in [0.29, 0.717) is 42.8 Å². The van der Waals surface area contributed by atoms with Crippen LogP contribution in [0.4, 0.5) is 5.69 Å². The van der Waals surface area contributed by atoms with Crippen molar-refractivity contribution >= 4 is 17.5 Å². The maximum Gasteiger partial charge on any atom is 0.265 e. The van der Waals surface area contributed by atoms with Gasteiger partial charge in [0.05, 0.1) is 30.9 Å². The van der Waals surface area contributed by atoms with E-state index in [-0.39, 0.29) is 11.8 Å². The summed E-state index contributed by atoms with van der Waals surface area (Å²) in [5.41, 5.74) is 2.36. The molecule has 8 nitrogen and oxygen atoms in total. The zero-order valence-electron chi connectivity index (χ0n) is 22.5. The Balaban J connectivity index is 1.36. The molecule has 39 heavy (non-hydrogen) atoms. The summed E-state index contributed by atoms with van der Waals surface area (Å²) in [5, 5.41) is 1.60. The topological polar surface area (TPSA) is 77.5 Å². The Morgan fingerprint density at radius 3 is 2.33 bits per heavy atom. The fourth-order valence-electron chi connectivity index (χ4n) is 5.08. The number of amides is 2. The highest BCUT2D eigenvalue weighted by atomic mass is 16.7. The smallest absolute Gasteiger partial charge is 0.265 e. The molecule has 3 aromatic carbocycles. The first-order valence-corrected chi connectivity index (χ1v) is 13.5. The number of fused-ring (bicyclic) bond motifs is 1. The Morgan fingerprint density at radius 1 is 0.846 bits per heavy atom. The van der Waals surface area contributed by atoms with Crippen molar-refractivity contribution < 1.29 is 28.6 Å². The van der Waals surface area contributed by atoms with Gasteiger partial charge in [-0.05, 0) is 60.9 Å². The lowest BCUT2D eigenvalue weighted by atomic mass is 9.91. The van der Waals surface area contributed by atoms with Gasteiger partial charge in [-0.25, -0.2) is 4.90 Å². The summed E-state index contributed by atoms with van der Waals surface area (Å²) in [7, 11) is 1.75. The number of rotatable bonds is 11. The average molecular weight is 531 g/mol. The average Bonchev–Trinajstić information content (AvgIpc) is 3.42. The first-order chi connectivity index (χ1) is 19.0. The number of ether oxygens (including phenoxy) is 3. The third-order valence-corrected chi connectivity index (χ3v) is 7.02. The minimum Gasteiger partial charge on any atom is -0.494 e. The van der Waals surface area contributed by atoms with Gasteiger partial charge >= 0.3 is 0 Å². The molecule has 0 N–H and O–H groups in total. The molecule has 0 aliphatic carbocycles. The quantitative estimate of drug-likeness (QED) is 0.245. The van der Waals surface area contributed by atoms with Crippen LogP contribution < -0.4 is 19.1 Å². The normalized spacial score (nSPS) is 20.8. The Kier molecular flexibility index (Phi) is 8.14. The maximum atomic E-state index is 13.7. The molecule has 3 atom stereocenters. The number of hydrogen-bond acceptors (Lipinski definition) is 7. The lowest BCUT2D eigenvalue weighted by Gasteiger charge is -2.25. The monoisotopic (exact) mass is 530 g/mol. The van der Waals surface area contributed by atoms with Crippen LogP contribution in [-0.2, 0) is 21.0 Å². The molecule has 0 unspecified atom stereocenters. The molecule has 2 aliphatic heterocycles. The first-order valence-electron chi connectivity index (χ1n) is 13.5. The lowest BCUT2D eigenvalue weighted by molar-refractivity contribution is -0.160. The van der Waals surface area contributed by atoms with Crippen molar-refractivity contribution in [1.82, 2.24) is 5.06 Å². The molecule has 0 aromatic heterocycles. The van der Waals surface area contributed by atoms with Gasteiger partial charge in [-0.15, -0.1) is 0 Å². The predicted molar refractivity (Wildman–Crippen MR) is 147 cm³/mol. The Bertz CT molecular complexity index is 1300. The van der Waals surface area contributed by atoms with Crippen molar-refractivity contribution in [3.05, 3.63) is 83.9 Å². The van der Waals surface area contributed by atoms with Crippen LogP contribution in [0.3, 0.4) is 0 Å². The van der Waals surface area contributed by atoms with Gasteiger partial charge in [0.2, 0.25) is 5.91 Å². The van der Waals surface area contributed by atoms with Crippen molar-refractivity contribution in [2.45, 2.75) is 45.4 Å². The standard InChI is InChI=1S/C31H34N2O6/c1-4-6-18-37-24-15-13-23(14-16-24)33-30(34)27-28(32(3)39-29(27)31(33)35)22-12-17-25(26(19-22)36-5-2)38-20-21-10-8-7-9-11-21/h7-17,19,27-29H,4-6,18,20H2,1-3H3/t27-,28-,29-/m1/s1. The number of nitrogens with zero attached hydrogens (tertiary/aromatic N) is 2. The maximum absolute atomic E-state index is 13.7. The van der Waals surface area contributed by atoms with Gasteiger partial charge < -0.3 is 14.2 Å². The fraction of sp³-hybridized carbons (Fsp3) is 0.355. The van der Waals surface area contributed by atoms with Crippen LogP contribution in [0.1, 0.15) is 43.9 Å². The van der Waals surface area contributed by atoms with Crippen LogP contribution in [0.2, 0.25) is 0 Å². The van der Waals surface area contributed by atoms with Crippen LogP contribution >= 0.6 is 0 Å². The third-order valence-electron chi connectivity index (χ3n) is 7.02. The molecule has 8 heteroatoms. The largest absolute Gasteiger partial charge is 0.494 e. The van der Waals surface area contributed by atoms with Gasteiger partial charge in [-0.2, -0.15) is 5.06 Å². The van der Waals surface area contributed by atoms with Gasteiger partial charge in [0.1, 0.15) is 12.4 Å². The number of carbonyl (C=O) groups is 2. The number of carbonyl (C=O) groups excluding carboxylic acids is 2. The van der Waals surface area contributed by atoms with Crippen molar-refractivity contribution in [3.8, 4) is 17.2 Å². The van der Waals surface area contributed by atoms with Crippen LogP contribution in [0, 0.1) is 5.92 Å². The molecule has 5 rings (SSSR count). The van der Waals surface area contributed by atoms with Crippen molar-refractivity contribution in [1.29, 1.82) is 0 Å². The zero-order chi connectivity index (χ0) is 27.4. The minimum absolute atomic E-state index is 0.290. The highest BCUT2D eigenvalue weighted by molar-refractivity contribution is 6.23. The molecule has 2 amide bonds. The number of hydrogen-bond donors (Lipinski definition) is 0. The second kappa shape index (κ2) is 11.9. The number of unbranched alkanes of at least 4 members (excludes halogenated alkanes) is 1. The molecule has 2 aliphatic rings. The Hall–Kier alpha value is -3.88. The second-order valence-electron chi connectivity index (χ2n) is 9.66. The van der Waals surface area contributed by atoms with Crippen LogP contribution in [0.5, 0.6) is 17.2 Å². The summed E-state index contributed by atoms with van der Waals surface area (Å²) in [4.78, 5) is 34.2. The Labute approximate surface area is 229 Å². The SMILES string of the molecule is CCCCOc1ccc(N2C(=O)[C@@H]3[C@@H](c4ccc(OCc5ccccc5)c(OCC)c4)N(C)O[C@H]3C2=O)cc1. The van der Waals surface area contributed by atoms with Crippen LogP contribution in [-0.4, -0.2) is 43.2 Å². The van der Waals surface area contributed by atoms with E-state index in [0.717, 1.165) is 24.0 Å². The summed E-state index contributed by atoms with van der Waals surface area (Å²) in [6.07, 6.45) is 1.12. The van der Waals surface area contributed by atoms with E-state index in [4.69, 9.17) is 19.0 Å². The molecular weight excluding hydrogens is 496 g/mol. The second-order valence-corrected chi connectivity index (χ2v) is 9.66. The summed E-state index contributed by atoms with van der Waals surface area (Å²) in [5.74, 6) is 0.550. The minimum atomic E-state index is -0.891. The molecule has 2 heterocycles. The highest BCUT2D eigenvalue weighted by Gasteiger charge is 2.59. The summed E-state index contributed by atoms with van der Waals surface area (Å²) in [6.45, 7) is 5.50. The number of anilines is 1. The predicted octanol–water partition coefficient (Wildman–Crippen LogP) is 5.32. The third kappa shape index (κ3) is 5.48.